The molecule has 0 aromatic rings. The Bertz CT molecular complexity index is 202. The van der Waals surface area contributed by atoms with Gasteiger partial charge >= 0.3 is 0 Å². The fourth-order valence-corrected chi connectivity index (χ4v) is 5.14. The minimum atomic E-state index is 0.539. The van der Waals surface area contributed by atoms with E-state index < -0.39 is 0 Å². The SMILES string of the molecule is CN(CCC1CCCCO1)C1CSCCSC1. The maximum absolute atomic E-state index is 5.80. The van der Waals surface area contributed by atoms with Crippen LogP contribution in [0, 0.1) is 0 Å². The molecule has 17 heavy (non-hydrogen) atoms. The highest BCUT2D eigenvalue weighted by molar-refractivity contribution is 8.03. The molecule has 2 aliphatic heterocycles. The number of hydrogen-bond acceptors (Lipinski definition) is 4. The summed E-state index contributed by atoms with van der Waals surface area (Å²) in [4.78, 5) is 2.56. The number of rotatable bonds is 4. The molecular weight excluding hydrogens is 250 g/mol. The highest BCUT2D eigenvalue weighted by atomic mass is 32.2. The van der Waals surface area contributed by atoms with E-state index in [0.29, 0.717) is 6.10 Å². The Morgan fingerprint density at radius 3 is 2.59 bits per heavy atom. The molecule has 2 aliphatic rings. The molecule has 2 nitrogen and oxygen atoms in total. The summed E-state index contributed by atoms with van der Waals surface area (Å²) in [6, 6.07) is 0.774. The molecule has 2 rings (SSSR count). The molecule has 0 bridgehead atoms. The van der Waals surface area contributed by atoms with Crippen LogP contribution in [0.4, 0.5) is 0 Å². The summed E-state index contributed by atoms with van der Waals surface area (Å²) in [5, 5.41) is 0. The normalized spacial score (nSPS) is 28.2. The highest BCUT2D eigenvalue weighted by Gasteiger charge is 2.19. The third-order valence-corrected chi connectivity index (χ3v) is 6.18. The van der Waals surface area contributed by atoms with E-state index in [4.69, 9.17) is 4.74 Å². The zero-order chi connectivity index (χ0) is 11.9. The van der Waals surface area contributed by atoms with E-state index in [1.807, 2.05) is 0 Å². The van der Waals surface area contributed by atoms with Crippen molar-refractivity contribution < 1.29 is 4.74 Å². The van der Waals surface area contributed by atoms with Gasteiger partial charge in [-0.2, -0.15) is 23.5 Å². The van der Waals surface area contributed by atoms with Gasteiger partial charge in [0.1, 0.15) is 0 Å². The zero-order valence-corrected chi connectivity index (χ0v) is 12.5. The van der Waals surface area contributed by atoms with Crippen molar-refractivity contribution in [3.63, 3.8) is 0 Å². The fraction of sp³-hybridized carbons (Fsp3) is 1.00. The average Bonchev–Trinajstić information content (AvgIpc) is 2.66. The Labute approximate surface area is 114 Å². The van der Waals surface area contributed by atoms with Crippen LogP contribution in [0.5, 0.6) is 0 Å². The molecule has 2 saturated heterocycles. The lowest BCUT2D eigenvalue weighted by atomic mass is 10.1. The summed E-state index contributed by atoms with van der Waals surface area (Å²) in [5.74, 6) is 5.30. The number of nitrogens with zero attached hydrogens (tertiary/aromatic N) is 1. The van der Waals surface area contributed by atoms with Gasteiger partial charge in [0.05, 0.1) is 6.10 Å². The van der Waals surface area contributed by atoms with E-state index in [2.05, 4.69) is 35.5 Å². The summed E-state index contributed by atoms with van der Waals surface area (Å²) in [6.45, 7) is 2.19. The van der Waals surface area contributed by atoms with Gasteiger partial charge in [-0.15, -0.1) is 0 Å². The summed E-state index contributed by atoms with van der Waals surface area (Å²) >= 11 is 4.24. The molecule has 0 aliphatic carbocycles. The fourth-order valence-electron chi connectivity index (χ4n) is 2.42. The van der Waals surface area contributed by atoms with Crippen LogP contribution < -0.4 is 0 Å². The Morgan fingerprint density at radius 1 is 1.18 bits per heavy atom. The topological polar surface area (TPSA) is 12.5 Å². The Hall–Kier alpha value is 0.620. The first-order valence-electron chi connectivity index (χ1n) is 6.83. The van der Waals surface area contributed by atoms with Gasteiger partial charge in [0, 0.05) is 42.2 Å². The zero-order valence-electron chi connectivity index (χ0n) is 10.9. The summed E-state index contributed by atoms with van der Waals surface area (Å²) in [7, 11) is 2.29. The maximum Gasteiger partial charge on any atom is 0.0587 e. The smallest absolute Gasteiger partial charge is 0.0587 e. The van der Waals surface area contributed by atoms with Crippen LogP contribution in [-0.2, 0) is 4.74 Å². The molecule has 0 N–H and O–H groups in total. The van der Waals surface area contributed by atoms with E-state index in [9.17, 15) is 0 Å². The van der Waals surface area contributed by atoms with Crippen molar-refractivity contribution in [3.05, 3.63) is 0 Å². The molecule has 0 saturated carbocycles. The first-order valence-corrected chi connectivity index (χ1v) is 9.14. The van der Waals surface area contributed by atoms with Crippen molar-refractivity contribution in [2.24, 2.45) is 0 Å². The van der Waals surface area contributed by atoms with E-state index in [1.165, 1.54) is 55.2 Å². The van der Waals surface area contributed by atoms with Crippen molar-refractivity contribution >= 4 is 23.5 Å². The molecule has 0 aromatic heterocycles. The minimum absolute atomic E-state index is 0.539. The van der Waals surface area contributed by atoms with Gasteiger partial charge in [-0.3, -0.25) is 0 Å². The predicted octanol–water partition coefficient (Wildman–Crippen LogP) is 2.73. The molecule has 100 valence electrons. The largest absolute Gasteiger partial charge is 0.378 e. The summed E-state index contributed by atoms with van der Waals surface area (Å²) in [6.07, 6.45) is 5.67. The second-order valence-electron chi connectivity index (χ2n) is 5.06. The molecular formula is C13H25NOS2. The van der Waals surface area contributed by atoms with Gasteiger partial charge < -0.3 is 9.64 Å². The molecule has 0 spiro atoms. The van der Waals surface area contributed by atoms with E-state index in [1.54, 1.807) is 0 Å². The lowest BCUT2D eigenvalue weighted by Gasteiger charge is -2.29. The van der Waals surface area contributed by atoms with Gasteiger partial charge in [-0.25, -0.2) is 0 Å². The molecule has 1 unspecified atom stereocenters. The van der Waals surface area contributed by atoms with Crippen molar-refractivity contribution in [1.29, 1.82) is 0 Å². The Balaban J connectivity index is 1.66. The molecule has 4 heteroatoms. The molecule has 0 amide bonds. The first-order chi connectivity index (χ1) is 8.36. The summed E-state index contributed by atoms with van der Waals surface area (Å²) in [5.41, 5.74) is 0. The Kier molecular flexibility index (Phi) is 6.54. The number of thioether (sulfide) groups is 2. The van der Waals surface area contributed by atoms with Crippen LogP contribution in [-0.4, -0.2) is 60.3 Å². The van der Waals surface area contributed by atoms with Gasteiger partial charge in [-0.05, 0) is 32.7 Å². The summed E-state index contributed by atoms with van der Waals surface area (Å²) < 4.78 is 5.80. The number of ether oxygens (including phenoxy) is 1. The highest BCUT2D eigenvalue weighted by Crippen LogP contribution is 2.21. The van der Waals surface area contributed by atoms with Gasteiger partial charge in [0.2, 0.25) is 0 Å². The molecule has 2 heterocycles. The Morgan fingerprint density at radius 2 is 1.94 bits per heavy atom. The van der Waals surface area contributed by atoms with Gasteiger partial charge in [-0.1, -0.05) is 0 Å². The number of hydrogen-bond donors (Lipinski definition) is 0. The second kappa shape index (κ2) is 7.93. The molecule has 1 atom stereocenters. The third-order valence-electron chi connectivity index (χ3n) is 3.69. The standard InChI is InChI=1S/C13H25NOS2/c1-14(12-10-16-8-9-17-11-12)6-5-13-4-2-3-7-15-13/h12-13H,2-11H2,1H3. The van der Waals surface area contributed by atoms with Crippen molar-refractivity contribution in [3.8, 4) is 0 Å². The predicted molar refractivity (Wildman–Crippen MR) is 79.3 cm³/mol. The van der Waals surface area contributed by atoms with Crippen LogP contribution in [0.2, 0.25) is 0 Å². The van der Waals surface area contributed by atoms with Gasteiger partial charge in [0.25, 0.3) is 0 Å². The van der Waals surface area contributed by atoms with Gasteiger partial charge in [0.15, 0.2) is 0 Å². The minimum Gasteiger partial charge on any atom is -0.378 e. The molecule has 0 aromatic carbocycles. The monoisotopic (exact) mass is 275 g/mol. The van der Waals surface area contributed by atoms with Crippen LogP contribution in [0.1, 0.15) is 25.7 Å². The molecule has 0 radical (unpaired) electrons. The van der Waals surface area contributed by atoms with Crippen LogP contribution in [0.25, 0.3) is 0 Å². The van der Waals surface area contributed by atoms with E-state index >= 15 is 0 Å². The molecule has 2 fully saturated rings. The van der Waals surface area contributed by atoms with Crippen LogP contribution >= 0.6 is 23.5 Å². The maximum atomic E-state index is 5.80. The first kappa shape index (κ1) is 14.0. The van der Waals surface area contributed by atoms with Crippen molar-refractivity contribution in [1.82, 2.24) is 4.90 Å². The quantitative estimate of drug-likeness (QED) is 0.782. The van der Waals surface area contributed by atoms with Crippen LogP contribution in [0.15, 0.2) is 0 Å². The second-order valence-corrected chi connectivity index (χ2v) is 7.36. The average molecular weight is 275 g/mol. The lowest BCUT2D eigenvalue weighted by molar-refractivity contribution is 0.00563. The van der Waals surface area contributed by atoms with Crippen molar-refractivity contribution in [2.75, 3.05) is 43.2 Å². The third kappa shape index (κ3) is 5.01. The lowest BCUT2D eigenvalue weighted by Crippen LogP contribution is -2.37. The van der Waals surface area contributed by atoms with E-state index in [-0.39, 0.29) is 0 Å². The van der Waals surface area contributed by atoms with Crippen molar-refractivity contribution in [2.45, 2.75) is 37.8 Å². The van der Waals surface area contributed by atoms with Crippen LogP contribution in [0.3, 0.4) is 0 Å². The van der Waals surface area contributed by atoms with E-state index in [0.717, 1.165) is 12.6 Å².